The lowest BCUT2D eigenvalue weighted by Gasteiger charge is -2.40. The minimum absolute atomic E-state index is 0.0327. The highest BCUT2D eigenvalue weighted by Crippen LogP contribution is 2.59. The molecule has 1 unspecified atom stereocenters. The van der Waals surface area contributed by atoms with Crippen LogP contribution in [0.5, 0.6) is 17.2 Å². The zero-order chi connectivity index (χ0) is 21.9. The monoisotopic (exact) mass is 440 g/mol. The largest absolute Gasteiger partial charge is 0.496 e. The Morgan fingerprint density at radius 1 is 1.06 bits per heavy atom. The first-order valence-electron chi connectivity index (χ1n) is 10.3. The van der Waals surface area contributed by atoms with Crippen LogP contribution < -0.4 is 14.2 Å². The van der Waals surface area contributed by atoms with E-state index in [9.17, 15) is 4.79 Å². The molecule has 1 saturated carbocycles. The quantitative estimate of drug-likeness (QED) is 0.631. The van der Waals surface area contributed by atoms with Crippen LogP contribution in [0.3, 0.4) is 0 Å². The van der Waals surface area contributed by atoms with Gasteiger partial charge in [-0.2, -0.15) is 0 Å². The fourth-order valence-electron chi connectivity index (χ4n) is 5.06. The van der Waals surface area contributed by atoms with Crippen molar-refractivity contribution in [3.05, 3.63) is 52.2 Å². The maximum atomic E-state index is 12.8. The SMILES string of the molecule is COc1cc2[nH]c3c(c2cc1OC)C1(CC1)CN(C(C)=O)C3c1ccc(Cl)cc1OC. The number of carbonyl (C=O) groups excluding carboxylic acids is 1. The van der Waals surface area contributed by atoms with Gasteiger partial charge in [-0.3, -0.25) is 4.79 Å². The Balaban J connectivity index is 1.81. The normalized spacial score (nSPS) is 18.7. The van der Waals surface area contributed by atoms with Gasteiger partial charge >= 0.3 is 0 Å². The number of nitrogens with zero attached hydrogens (tertiary/aromatic N) is 1. The van der Waals surface area contributed by atoms with Gasteiger partial charge in [0.15, 0.2) is 11.5 Å². The van der Waals surface area contributed by atoms with Crippen LogP contribution in [0.15, 0.2) is 30.3 Å². The molecule has 1 aliphatic heterocycles. The third-order valence-electron chi connectivity index (χ3n) is 6.67. The lowest BCUT2D eigenvalue weighted by molar-refractivity contribution is -0.131. The van der Waals surface area contributed by atoms with Crippen molar-refractivity contribution >= 4 is 28.4 Å². The van der Waals surface area contributed by atoms with Crippen molar-refractivity contribution in [1.29, 1.82) is 0 Å². The molecule has 7 heteroatoms. The van der Waals surface area contributed by atoms with Crippen LogP contribution in [0, 0.1) is 0 Å². The van der Waals surface area contributed by atoms with Gasteiger partial charge in [0.2, 0.25) is 5.91 Å². The minimum Gasteiger partial charge on any atom is -0.496 e. The number of methoxy groups -OCH3 is 3. The second-order valence-electron chi connectivity index (χ2n) is 8.38. The number of hydrogen-bond acceptors (Lipinski definition) is 4. The van der Waals surface area contributed by atoms with E-state index in [0.29, 0.717) is 28.8 Å². The molecule has 1 aromatic heterocycles. The lowest BCUT2D eigenvalue weighted by Crippen LogP contribution is -2.44. The molecule has 0 saturated heterocycles. The number of aromatic nitrogens is 1. The van der Waals surface area contributed by atoms with Gasteiger partial charge in [-0.15, -0.1) is 0 Å². The number of benzene rings is 2. The number of H-pyrrole nitrogens is 1. The van der Waals surface area contributed by atoms with Crippen molar-refractivity contribution in [2.75, 3.05) is 27.9 Å². The number of ether oxygens (including phenoxy) is 3. The van der Waals surface area contributed by atoms with Crippen LogP contribution >= 0.6 is 11.6 Å². The van der Waals surface area contributed by atoms with Crippen LogP contribution in [0.25, 0.3) is 10.9 Å². The Labute approximate surface area is 186 Å². The van der Waals surface area contributed by atoms with E-state index in [1.165, 1.54) is 5.56 Å². The second kappa shape index (κ2) is 7.09. The van der Waals surface area contributed by atoms with Crippen molar-refractivity contribution in [3.63, 3.8) is 0 Å². The first-order chi connectivity index (χ1) is 14.9. The van der Waals surface area contributed by atoms with Crippen molar-refractivity contribution in [3.8, 4) is 17.2 Å². The number of hydrogen-bond donors (Lipinski definition) is 1. The van der Waals surface area contributed by atoms with Gasteiger partial charge < -0.3 is 24.1 Å². The molecule has 162 valence electrons. The van der Waals surface area contributed by atoms with Crippen LogP contribution in [0.1, 0.15) is 42.6 Å². The van der Waals surface area contributed by atoms with Gasteiger partial charge in [-0.25, -0.2) is 0 Å². The molecule has 5 rings (SSSR count). The molecular weight excluding hydrogens is 416 g/mol. The summed E-state index contributed by atoms with van der Waals surface area (Å²) in [5, 5.41) is 1.71. The molecule has 0 bridgehead atoms. The third-order valence-corrected chi connectivity index (χ3v) is 6.90. The van der Waals surface area contributed by atoms with Crippen LogP contribution in [-0.4, -0.2) is 43.7 Å². The molecule has 0 radical (unpaired) electrons. The highest BCUT2D eigenvalue weighted by atomic mass is 35.5. The molecule has 31 heavy (non-hydrogen) atoms. The summed E-state index contributed by atoms with van der Waals surface area (Å²) < 4.78 is 16.8. The van der Waals surface area contributed by atoms with Gasteiger partial charge in [0.25, 0.3) is 0 Å². The highest BCUT2D eigenvalue weighted by Gasteiger charge is 2.54. The predicted octanol–water partition coefficient (Wildman–Crippen LogP) is 4.83. The predicted molar refractivity (Wildman–Crippen MR) is 120 cm³/mol. The first-order valence-corrected chi connectivity index (χ1v) is 10.7. The number of fused-ring (bicyclic) bond motifs is 4. The first kappa shape index (κ1) is 20.1. The zero-order valence-electron chi connectivity index (χ0n) is 18.0. The molecule has 1 amide bonds. The van der Waals surface area contributed by atoms with Crippen molar-refractivity contribution in [2.45, 2.75) is 31.2 Å². The summed E-state index contributed by atoms with van der Waals surface area (Å²) in [5.74, 6) is 2.06. The maximum Gasteiger partial charge on any atom is 0.220 e. The van der Waals surface area contributed by atoms with Crippen molar-refractivity contribution in [1.82, 2.24) is 9.88 Å². The Morgan fingerprint density at radius 3 is 2.35 bits per heavy atom. The molecule has 2 aromatic carbocycles. The van der Waals surface area contributed by atoms with E-state index in [2.05, 4.69) is 4.98 Å². The fraction of sp³-hybridized carbons (Fsp3) is 0.375. The zero-order valence-corrected chi connectivity index (χ0v) is 18.8. The molecule has 6 nitrogen and oxygen atoms in total. The maximum absolute atomic E-state index is 12.8. The molecule has 1 aliphatic carbocycles. The van der Waals surface area contributed by atoms with E-state index < -0.39 is 0 Å². The summed E-state index contributed by atoms with van der Waals surface area (Å²) in [6.45, 7) is 2.30. The van der Waals surface area contributed by atoms with Gasteiger partial charge in [0, 0.05) is 52.1 Å². The Bertz CT molecular complexity index is 1200. The summed E-state index contributed by atoms with van der Waals surface area (Å²) in [4.78, 5) is 18.4. The minimum atomic E-state index is -0.296. The topological polar surface area (TPSA) is 63.8 Å². The van der Waals surface area contributed by atoms with Gasteiger partial charge in [0.05, 0.1) is 21.3 Å². The molecule has 2 aliphatic rings. The molecule has 1 atom stereocenters. The van der Waals surface area contributed by atoms with E-state index in [0.717, 1.165) is 35.0 Å². The molecule has 1 spiro atoms. The van der Waals surface area contributed by atoms with Crippen molar-refractivity contribution in [2.24, 2.45) is 0 Å². The van der Waals surface area contributed by atoms with Crippen LogP contribution in [0.2, 0.25) is 5.02 Å². The summed E-state index contributed by atoms with van der Waals surface area (Å²) in [5.41, 5.74) is 4.13. The average Bonchev–Trinajstić information content (AvgIpc) is 3.42. The van der Waals surface area contributed by atoms with Crippen LogP contribution in [-0.2, 0) is 10.2 Å². The van der Waals surface area contributed by atoms with E-state index in [4.69, 9.17) is 25.8 Å². The Morgan fingerprint density at radius 2 is 1.74 bits per heavy atom. The van der Waals surface area contributed by atoms with E-state index in [-0.39, 0.29) is 17.4 Å². The van der Waals surface area contributed by atoms with Gasteiger partial charge in [-0.05, 0) is 36.6 Å². The van der Waals surface area contributed by atoms with E-state index >= 15 is 0 Å². The summed E-state index contributed by atoms with van der Waals surface area (Å²) in [6.07, 6.45) is 2.10. The second-order valence-corrected chi connectivity index (χ2v) is 8.82. The number of halogens is 1. The average molecular weight is 441 g/mol. The molecule has 3 aromatic rings. The summed E-state index contributed by atoms with van der Waals surface area (Å²) in [6, 6.07) is 9.30. The molecular formula is C24H25ClN2O4. The summed E-state index contributed by atoms with van der Waals surface area (Å²) in [7, 11) is 4.91. The van der Waals surface area contributed by atoms with E-state index in [1.54, 1.807) is 34.3 Å². The van der Waals surface area contributed by atoms with Crippen LogP contribution in [0.4, 0.5) is 0 Å². The Hall–Kier alpha value is -2.86. The molecule has 1 fully saturated rings. The summed E-state index contributed by atoms with van der Waals surface area (Å²) >= 11 is 6.22. The molecule has 1 N–H and O–H groups in total. The smallest absolute Gasteiger partial charge is 0.220 e. The number of rotatable bonds is 4. The third kappa shape index (κ3) is 2.96. The fourth-order valence-corrected chi connectivity index (χ4v) is 5.22. The number of carbonyl (C=O) groups is 1. The number of amides is 1. The lowest BCUT2D eigenvalue weighted by atomic mass is 9.83. The van der Waals surface area contributed by atoms with Gasteiger partial charge in [-0.1, -0.05) is 17.7 Å². The molecule has 2 heterocycles. The standard InChI is InChI=1S/C24H25ClN2O4/c1-13(28)27-12-24(7-8-24)21-16-10-19(30-3)20(31-4)11-17(16)26-22(21)23(27)15-6-5-14(25)9-18(15)29-2/h5-6,9-11,23,26H,7-8,12H2,1-4H3. The number of nitrogens with one attached hydrogen (secondary N) is 1. The number of aromatic amines is 1. The van der Waals surface area contributed by atoms with E-state index in [1.807, 2.05) is 29.2 Å². The van der Waals surface area contributed by atoms with Crippen molar-refractivity contribution < 1.29 is 19.0 Å². The Kier molecular flexibility index (Phi) is 4.59. The highest BCUT2D eigenvalue weighted by molar-refractivity contribution is 6.30. The van der Waals surface area contributed by atoms with Gasteiger partial charge in [0.1, 0.15) is 11.8 Å².